The molecule has 0 fully saturated rings. The molecule has 1 aromatic heterocycles. The van der Waals surface area contributed by atoms with Gasteiger partial charge in [0, 0.05) is 19.2 Å². The monoisotopic (exact) mass is 295 g/mol. The maximum atomic E-state index is 12.9. The first-order valence-electron chi connectivity index (χ1n) is 5.88. The molecule has 0 aliphatic rings. The Morgan fingerprint density at radius 3 is 3.00 bits per heavy atom. The summed E-state index contributed by atoms with van der Waals surface area (Å²) in [5.74, 6) is -0.0456. The van der Waals surface area contributed by atoms with Crippen molar-refractivity contribution in [1.29, 1.82) is 0 Å². The lowest BCUT2D eigenvalue weighted by Gasteiger charge is -2.07. The molecule has 106 valence electrons. The fourth-order valence-electron chi connectivity index (χ4n) is 1.50. The molecule has 0 spiro atoms. The smallest absolute Gasteiger partial charge is 0.225 e. The normalized spacial score (nSPS) is 10.5. The fraction of sp³-hybridized carbons (Fsp3) is 0.250. The summed E-state index contributed by atoms with van der Waals surface area (Å²) in [7, 11) is 1.83. The molecule has 8 heteroatoms. The van der Waals surface area contributed by atoms with Crippen LogP contribution in [0.2, 0.25) is 0 Å². The molecule has 3 N–H and O–H groups in total. The number of hydrogen-bond acceptors (Lipinski definition) is 5. The van der Waals surface area contributed by atoms with Crippen LogP contribution in [0.25, 0.3) is 0 Å². The summed E-state index contributed by atoms with van der Waals surface area (Å²) in [5.41, 5.74) is 6.24. The zero-order chi connectivity index (χ0) is 14.5. The lowest BCUT2D eigenvalue weighted by molar-refractivity contribution is -0.115. The van der Waals surface area contributed by atoms with Crippen LogP contribution in [0.4, 0.5) is 15.8 Å². The Morgan fingerprint density at radius 2 is 2.35 bits per heavy atom. The van der Waals surface area contributed by atoms with E-state index in [4.69, 9.17) is 5.73 Å². The van der Waals surface area contributed by atoms with Crippen molar-refractivity contribution < 1.29 is 9.18 Å². The first-order valence-corrected chi connectivity index (χ1v) is 6.86. The van der Waals surface area contributed by atoms with Gasteiger partial charge in [-0.15, -0.1) is 10.2 Å². The second-order valence-electron chi connectivity index (χ2n) is 4.10. The molecule has 1 aromatic carbocycles. The zero-order valence-corrected chi connectivity index (χ0v) is 11.7. The van der Waals surface area contributed by atoms with Crippen LogP contribution in [-0.4, -0.2) is 26.4 Å². The number of benzene rings is 1. The molecule has 0 radical (unpaired) electrons. The maximum Gasteiger partial charge on any atom is 0.225 e. The summed E-state index contributed by atoms with van der Waals surface area (Å²) in [4.78, 5) is 11.7. The van der Waals surface area contributed by atoms with Crippen molar-refractivity contribution in [2.45, 2.75) is 11.6 Å². The highest BCUT2D eigenvalue weighted by Gasteiger charge is 2.08. The third kappa shape index (κ3) is 3.70. The van der Waals surface area contributed by atoms with Crippen LogP contribution in [0.15, 0.2) is 29.7 Å². The van der Waals surface area contributed by atoms with Gasteiger partial charge >= 0.3 is 0 Å². The van der Waals surface area contributed by atoms with Gasteiger partial charge in [0.1, 0.15) is 12.1 Å². The third-order valence-electron chi connectivity index (χ3n) is 2.52. The van der Waals surface area contributed by atoms with Gasteiger partial charge in [-0.05, 0) is 18.2 Å². The lowest BCUT2D eigenvalue weighted by atomic mass is 10.2. The number of nitrogens with one attached hydrogen (secondary N) is 1. The van der Waals surface area contributed by atoms with Crippen molar-refractivity contribution in [3.63, 3.8) is 0 Å². The van der Waals surface area contributed by atoms with Crippen molar-refractivity contribution in [1.82, 2.24) is 14.8 Å². The number of aromatic nitrogens is 3. The van der Waals surface area contributed by atoms with Crippen molar-refractivity contribution >= 4 is 29.0 Å². The van der Waals surface area contributed by atoms with Gasteiger partial charge in [0.2, 0.25) is 5.91 Å². The first-order chi connectivity index (χ1) is 9.56. The van der Waals surface area contributed by atoms with Crippen LogP contribution in [-0.2, 0) is 11.8 Å². The van der Waals surface area contributed by atoms with Gasteiger partial charge in [-0.3, -0.25) is 4.79 Å². The highest BCUT2D eigenvalue weighted by molar-refractivity contribution is 7.99. The number of carbonyl (C=O) groups is 1. The standard InChI is InChI=1S/C12H14FN5OS/c1-18-7-15-17-12(18)20-5-4-11(19)16-10-3-2-8(13)6-9(10)14/h2-3,6-7H,4-5,14H2,1H3,(H,16,19). The van der Waals surface area contributed by atoms with Gasteiger partial charge in [-0.1, -0.05) is 11.8 Å². The second-order valence-corrected chi connectivity index (χ2v) is 5.16. The van der Waals surface area contributed by atoms with E-state index >= 15 is 0 Å². The van der Waals surface area contributed by atoms with Crippen molar-refractivity contribution in [3.8, 4) is 0 Å². The van der Waals surface area contributed by atoms with E-state index < -0.39 is 5.82 Å². The van der Waals surface area contributed by atoms with E-state index in [2.05, 4.69) is 15.5 Å². The quantitative estimate of drug-likeness (QED) is 0.647. The Kier molecular flexibility index (Phi) is 4.57. The molecule has 1 amide bonds. The number of nitrogens with two attached hydrogens (primary N) is 1. The molecular weight excluding hydrogens is 281 g/mol. The topological polar surface area (TPSA) is 85.8 Å². The van der Waals surface area contributed by atoms with E-state index in [1.807, 2.05) is 7.05 Å². The molecule has 0 saturated heterocycles. The number of halogens is 1. The minimum absolute atomic E-state index is 0.182. The van der Waals surface area contributed by atoms with Gasteiger partial charge < -0.3 is 15.6 Å². The van der Waals surface area contributed by atoms with Gasteiger partial charge in [0.25, 0.3) is 0 Å². The number of nitrogens with zero attached hydrogens (tertiary/aromatic N) is 3. The van der Waals surface area contributed by atoms with Crippen LogP contribution in [0.1, 0.15) is 6.42 Å². The fourth-order valence-corrected chi connectivity index (χ4v) is 2.32. The molecule has 0 atom stereocenters. The molecule has 0 aliphatic carbocycles. The summed E-state index contributed by atoms with van der Waals surface area (Å²) >= 11 is 1.44. The summed E-state index contributed by atoms with van der Waals surface area (Å²) in [6, 6.07) is 3.86. The van der Waals surface area contributed by atoms with E-state index in [0.717, 1.165) is 5.16 Å². The number of rotatable bonds is 5. The van der Waals surface area contributed by atoms with Crippen LogP contribution in [0, 0.1) is 5.82 Å². The Labute approximate surface area is 119 Å². The molecule has 0 aliphatic heterocycles. The largest absolute Gasteiger partial charge is 0.397 e. The van der Waals surface area contributed by atoms with Crippen molar-refractivity contribution in [2.24, 2.45) is 7.05 Å². The molecule has 6 nitrogen and oxygen atoms in total. The number of thioether (sulfide) groups is 1. The third-order valence-corrected chi connectivity index (χ3v) is 3.55. The van der Waals surface area contributed by atoms with Crippen molar-refractivity contribution in [3.05, 3.63) is 30.3 Å². The SMILES string of the molecule is Cn1cnnc1SCCC(=O)Nc1ccc(F)cc1N. The molecule has 1 heterocycles. The lowest BCUT2D eigenvalue weighted by Crippen LogP contribution is -2.13. The highest BCUT2D eigenvalue weighted by Crippen LogP contribution is 2.20. The number of aryl methyl sites for hydroxylation is 1. The molecule has 0 unspecified atom stereocenters. The minimum Gasteiger partial charge on any atom is -0.397 e. The average Bonchev–Trinajstić information content (AvgIpc) is 2.79. The van der Waals surface area contributed by atoms with Gasteiger partial charge in [0.05, 0.1) is 11.4 Å². The van der Waals surface area contributed by atoms with Gasteiger partial charge in [-0.2, -0.15) is 0 Å². The summed E-state index contributed by atoms with van der Waals surface area (Å²) < 4.78 is 14.6. The number of hydrogen-bond donors (Lipinski definition) is 2. The van der Waals surface area contributed by atoms with E-state index in [1.54, 1.807) is 10.9 Å². The molecule has 2 rings (SSSR count). The van der Waals surface area contributed by atoms with E-state index in [-0.39, 0.29) is 11.6 Å². The van der Waals surface area contributed by atoms with Crippen LogP contribution in [0.5, 0.6) is 0 Å². The summed E-state index contributed by atoms with van der Waals surface area (Å²) in [5, 5.41) is 11.0. The number of carbonyl (C=O) groups excluding carboxylic acids is 1. The van der Waals surface area contributed by atoms with E-state index in [1.165, 1.54) is 30.0 Å². The molecule has 0 saturated carbocycles. The van der Waals surface area contributed by atoms with Gasteiger partial charge in [-0.25, -0.2) is 4.39 Å². The highest BCUT2D eigenvalue weighted by atomic mass is 32.2. The molecular formula is C12H14FN5OS. The van der Waals surface area contributed by atoms with E-state index in [0.29, 0.717) is 17.9 Å². The molecule has 0 bridgehead atoms. The average molecular weight is 295 g/mol. The van der Waals surface area contributed by atoms with Crippen molar-refractivity contribution in [2.75, 3.05) is 16.8 Å². The van der Waals surface area contributed by atoms with Crippen LogP contribution in [0.3, 0.4) is 0 Å². The Balaban J connectivity index is 1.82. The molecule has 2 aromatic rings. The van der Waals surface area contributed by atoms with E-state index in [9.17, 15) is 9.18 Å². The van der Waals surface area contributed by atoms with Crippen LogP contribution < -0.4 is 11.1 Å². The number of nitrogen functional groups attached to an aromatic ring is 1. The predicted octanol–water partition coefficient (Wildman–Crippen LogP) is 1.66. The maximum absolute atomic E-state index is 12.9. The Hall–Kier alpha value is -2.09. The van der Waals surface area contributed by atoms with Gasteiger partial charge in [0.15, 0.2) is 5.16 Å². The Morgan fingerprint density at radius 1 is 1.55 bits per heavy atom. The second kappa shape index (κ2) is 6.38. The minimum atomic E-state index is -0.432. The Bertz CT molecular complexity index is 616. The summed E-state index contributed by atoms with van der Waals surface area (Å²) in [6.07, 6.45) is 1.90. The number of amides is 1. The summed E-state index contributed by atoms with van der Waals surface area (Å²) in [6.45, 7) is 0. The zero-order valence-electron chi connectivity index (χ0n) is 10.8. The van der Waals surface area contributed by atoms with Crippen LogP contribution >= 0.6 is 11.8 Å². The number of anilines is 2. The first kappa shape index (κ1) is 14.3. The predicted molar refractivity (Wildman–Crippen MR) is 75.8 cm³/mol. The molecule has 20 heavy (non-hydrogen) atoms.